The van der Waals surface area contributed by atoms with Crippen molar-refractivity contribution in [2.24, 2.45) is 4.99 Å². The van der Waals surface area contributed by atoms with Crippen LogP contribution in [0.25, 0.3) is 0 Å². The van der Waals surface area contributed by atoms with E-state index in [1.807, 2.05) is 26.0 Å². The Bertz CT molecular complexity index is 1380. The van der Waals surface area contributed by atoms with E-state index >= 15 is 0 Å². The number of rotatable bonds is 6. The summed E-state index contributed by atoms with van der Waals surface area (Å²) in [5.74, 6) is -1.23. The number of carbonyl (C=O) groups is 3. The molecule has 0 aromatic heterocycles. The Hall–Kier alpha value is -3.45. The fraction of sp³-hybridized carbons (Fsp3) is 0.407. The fourth-order valence-corrected chi connectivity index (χ4v) is 6.32. The van der Waals surface area contributed by atoms with Gasteiger partial charge >= 0.3 is 12.2 Å². The molecule has 2 fully saturated rings. The van der Waals surface area contributed by atoms with E-state index in [0.717, 1.165) is 39.8 Å². The first kappa shape index (κ1) is 28.1. The summed E-state index contributed by atoms with van der Waals surface area (Å²) in [5.41, 5.74) is 1.23. The number of carbonyl (C=O) groups excluding carboxylic acids is 3. The van der Waals surface area contributed by atoms with Gasteiger partial charge in [-0.3, -0.25) is 18.9 Å². The van der Waals surface area contributed by atoms with Crippen molar-refractivity contribution < 1.29 is 31.9 Å². The van der Waals surface area contributed by atoms with E-state index in [2.05, 4.69) is 19.9 Å². The van der Waals surface area contributed by atoms with E-state index in [1.165, 1.54) is 6.07 Å². The van der Waals surface area contributed by atoms with Crippen LogP contribution in [0.4, 0.5) is 28.0 Å². The molecule has 3 aliphatic heterocycles. The third kappa shape index (κ3) is 5.31. The van der Waals surface area contributed by atoms with E-state index in [4.69, 9.17) is 0 Å². The van der Waals surface area contributed by atoms with E-state index in [-0.39, 0.29) is 29.8 Å². The van der Waals surface area contributed by atoms with Crippen molar-refractivity contribution in [3.8, 4) is 0 Å². The molecule has 8 nitrogen and oxygen atoms in total. The Morgan fingerprint density at radius 2 is 1.73 bits per heavy atom. The maximum absolute atomic E-state index is 13.7. The predicted molar refractivity (Wildman–Crippen MR) is 143 cm³/mol. The van der Waals surface area contributed by atoms with Gasteiger partial charge in [0.1, 0.15) is 17.2 Å². The molecule has 2 aromatic carbocycles. The number of benzene rings is 2. The quantitative estimate of drug-likeness (QED) is 0.306. The first-order chi connectivity index (χ1) is 18.9. The van der Waals surface area contributed by atoms with E-state index in [9.17, 15) is 31.9 Å². The molecule has 0 aliphatic carbocycles. The zero-order valence-corrected chi connectivity index (χ0v) is 22.6. The van der Waals surface area contributed by atoms with Crippen molar-refractivity contribution in [1.82, 2.24) is 14.9 Å². The maximum atomic E-state index is 13.7. The Balaban J connectivity index is 1.19. The van der Waals surface area contributed by atoms with Crippen LogP contribution in [0, 0.1) is 19.7 Å². The number of hydrogen-bond donors (Lipinski definition) is 2. The Morgan fingerprint density at radius 1 is 1.05 bits per heavy atom. The number of aliphatic imine (C=N–C) groups is 1. The first-order valence-electron chi connectivity index (χ1n) is 12.8. The van der Waals surface area contributed by atoms with Crippen LogP contribution >= 0.6 is 11.9 Å². The van der Waals surface area contributed by atoms with Gasteiger partial charge in [0.25, 0.3) is 11.8 Å². The monoisotopic (exact) mass is 577 g/mol. The Kier molecular flexibility index (Phi) is 7.38. The number of anilines is 1. The lowest BCUT2D eigenvalue weighted by atomic mass is 9.89. The number of alkyl halides is 3. The summed E-state index contributed by atoms with van der Waals surface area (Å²) in [5, 5.41) is 5.12. The normalized spacial score (nSPS) is 19.3. The minimum atomic E-state index is -4.86. The highest BCUT2D eigenvalue weighted by Gasteiger charge is 2.46. The molecule has 13 heteroatoms. The number of aryl methyl sites for hydroxylation is 2. The second-order valence-corrected chi connectivity index (χ2v) is 11.3. The molecule has 5 rings (SSSR count). The number of imide groups is 1. The summed E-state index contributed by atoms with van der Waals surface area (Å²) in [6.07, 6.45) is -3.28. The highest BCUT2D eigenvalue weighted by atomic mass is 32.2. The molecule has 4 amide bonds. The molecule has 2 N–H and O–H groups in total. The van der Waals surface area contributed by atoms with Crippen molar-refractivity contribution >= 4 is 41.3 Å². The zero-order valence-electron chi connectivity index (χ0n) is 21.8. The standard InChI is InChI=1S/C27H27F4N5O3S/c1-15-11-18(36-22(37)14-32-25(36)39)12-16(2)19(15)5-10-40-35-8-6-26(7-9-35)24(38)33-23(34-26)17-3-4-21(28)20(13-17)27(29,30)31/h3-4,11-13H,5-10,14H2,1-2H3,(H,32,39)(H,33,34,38). The van der Waals surface area contributed by atoms with Crippen LogP contribution < -0.4 is 15.5 Å². The Morgan fingerprint density at radius 3 is 2.33 bits per heavy atom. The molecule has 1 spiro atoms. The number of hydrogen-bond acceptors (Lipinski definition) is 6. The van der Waals surface area contributed by atoms with Gasteiger partial charge in [0.15, 0.2) is 0 Å². The van der Waals surface area contributed by atoms with E-state index in [0.29, 0.717) is 37.7 Å². The van der Waals surface area contributed by atoms with Gasteiger partial charge in [0, 0.05) is 24.4 Å². The van der Waals surface area contributed by atoms with Crippen LogP contribution in [0.15, 0.2) is 35.3 Å². The lowest BCUT2D eigenvalue weighted by Crippen LogP contribution is -2.47. The number of halogens is 4. The number of amidine groups is 1. The third-order valence-electron chi connectivity index (χ3n) is 7.48. The molecule has 3 heterocycles. The van der Waals surface area contributed by atoms with Gasteiger partial charge in [-0.25, -0.2) is 14.1 Å². The van der Waals surface area contributed by atoms with Crippen molar-refractivity contribution in [3.63, 3.8) is 0 Å². The predicted octanol–water partition coefficient (Wildman–Crippen LogP) is 4.12. The largest absolute Gasteiger partial charge is 0.419 e. The average Bonchev–Trinajstić information content (AvgIpc) is 3.39. The Labute approximate surface area is 232 Å². The van der Waals surface area contributed by atoms with Crippen LogP contribution in [-0.4, -0.2) is 58.9 Å². The lowest BCUT2D eigenvalue weighted by Gasteiger charge is -2.34. The van der Waals surface area contributed by atoms with Gasteiger partial charge in [-0.05, 0) is 80.1 Å². The van der Waals surface area contributed by atoms with Crippen molar-refractivity contribution in [3.05, 3.63) is 64.0 Å². The zero-order chi connectivity index (χ0) is 28.8. The molecule has 3 aliphatic rings. The summed E-state index contributed by atoms with van der Waals surface area (Å²) >= 11 is 1.64. The van der Waals surface area contributed by atoms with E-state index < -0.39 is 29.1 Å². The molecule has 0 atom stereocenters. The third-order valence-corrected chi connectivity index (χ3v) is 8.60. The highest BCUT2D eigenvalue weighted by molar-refractivity contribution is 7.97. The number of piperidine rings is 1. The summed E-state index contributed by atoms with van der Waals surface area (Å²) in [4.78, 5) is 42.5. The van der Waals surface area contributed by atoms with Gasteiger partial charge in [-0.1, -0.05) is 11.9 Å². The van der Waals surface area contributed by atoms with Crippen LogP contribution in [0.5, 0.6) is 0 Å². The number of amides is 4. The molecular weight excluding hydrogens is 550 g/mol. The second kappa shape index (κ2) is 10.5. The molecular formula is C27H27F4N5O3S. The highest BCUT2D eigenvalue weighted by Crippen LogP contribution is 2.36. The second-order valence-electron chi connectivity index (χ2n) is 10.1. The summed E-state index contributed by atoms with van der Waals surface area (Å²) < 4.78 is 55.3. The van der Waals surface area contributed by atoms with Gasteiger partial charge < -0.3 is 10.6 Å². The minimum absolute atomic E-state index is 0.00798. The van der Waals surface area contributed by atoms with Crippen LogP contribution in [0.3, 0.4) is 0 Å². The van der Waals surface area contributed by atoms with Gasteiger partial charge in [-0.15, -0.1) is 0 Å². The molecule has 0 bridgehead atoms. The molecule has 212 valence electrons. The molecule has 2 aromatic rings. The molecule has 2 saturated heterocycles. The maximum Gasteiger partial charge on any atom is 0.419 e. The number of urea groups is 1. The van der Waals surface area contributed by atoms with Crippen molar-refractivity contribution in [2.45, 2.75) is 44.8 Å². The van der Waals surface area contributed by atoms with Crippen LogP contribution in [0.2, 0.25) is 0 Å². The molecule has 0 radical (unpaired) electrons. The fourth-order valence-electron chi connectivity index (χ4n) is 5.32. The first-order valence-corrected chi connectivity index (χ1v) is 13.7. The SMILES string of the molecule is Cc1cc(N2C(=O)CNC2=O)cc(C)c1CCSN1CCC2(CC1)N=C(c1ccc(F)c(C(F)(F)F)c1)NC2=O. The van der Waals surface area contributed by atoms with Crippen molar-refractivity contribution in [1.29, 1.82) is 0 Å². The topological polar surface area (TPSA) is 94.1 Å². The summed E-state index contributed by atoms with van der Waals surface area (Å²) in [6.45, 7) is 5.02. The lowest BCUT2D eigenvalue weighted by molar-refractivity contribution is -0.140. The minimum Gasteiger partial charge on any atom is -0.328 e. The van der Waals surface area contributed by atoms with E-state index in [1.54, 1.807) is 11.9 Å². The van der Waals surface area contributed by atoms with Crippen LogP contribution in [-0.2, 0) is 22.2 Å². The number of nitrogens with one attached hydrogen (secondary N) is 2. The van der Waals surface area contributed by atoms with Gasteiger partial charge in [0.05, 0.1) is 17.8 Å². The number of nitrogens with zero attached hydrogens (tertiary/aromatic N) is 3. The molecule has 40 heavy (non-hydrogen) atoms. The van der Waals surface area contributed by atoms with Crippen molar-refractivity contribution in [2.75, 3.05) is 30.3 Å². The smallest absolute Gasteiger partial charge is 0.328 e. The summed E-state index contributed by atoms with van der Waals surface area (Å²) in [6, 6.07) is 5.85. The summed E-state index contributed by atoms with van der Waals surface area (Å²) in [7, 11) is 0. The molecule has 0 saturated carbocycles. The average molecular weight is 578 g/mol. The van der Waals surface area contributed by atoms with Crippen LogP contribution in [0.1, 0.15) is 40.7 Å². The van der Waals surface area contributed by atoms with Gasteiger partial charge in [0.2, 0.25) is 0 Å². The van der Waals surface area contributed by atoms with Gasteiger partial charge in [-0.2, -0.15) is 13.2 Å². The molecule has 0 unspecified atom stereocenters.